The quantitative estimate of drug-likeness (QED) is 0.272. The molecule has 4 aromatic rings. The Labute approximate surface area is 209 Å². The summed E-state index contributed by atoms with van der Waals surface area (Å²) in [7, 11) is 2.11. The highest BCUT2D eigenvalue weighted by Gasteiger charge is 2.20. The first kappa shape index (κ1) is 22.3. The monoisotopic (exact) mass is 493 g/mol. The number of nitrogens with zero attached hydrogens (tertiary/aromatic N) is 3. The average Bonchev–Trinajstić information content (AvgIpc) is 3.25. The van der Waals surface area contributed by atoms with Crippen LogP contribution < -0.4 is 9.80 Å². The van der Waals surface area contributed by atoms with E-state index in [4.69, 9.17) is 28.2 Å². The number of para-hydroxylation sites is 2. The van der Waals surface area contributed by atoms with E-state index in [2.05, 4.69) is 70.8 Å². The predicted molar refractivity (Wildman–Crippen MR) is 143 cm³/mol. The van der Waals surface area contributed by atoms with Crippen molar-refractivity contribution < 1.29 is 0 Å². The Morgan fingerprint density at radius 1 is 0.939 bits per heavy atom. The summed E-state index contributed by atoms with van der Waals surface area (Å²) < 4.78 is 0. The van der Waals surface area contributed by atoms with E-state index in [0.29, 0.717) is 10.0 Å². The van der Waals surface area contributed by atoms with Crippen molar-refractivity contribution in [3.8, 4) is 11.3 Å². The van der Waals surface area contributed by atoms with Gasteiger partial charge < -0.3 is 9.80 Å². The van der Waals surface area contributed by atoms with Crippen LogP contribution in [0.4, 0.5) is 16.5 Å². The summed E-state index contributed by atoms with van der Waals surface area (Å²) in [6, 6.07) is 23.2. The third-order valence-electron chi connectivity index (χ3n) is 6.13. The standard InChI is InChI=1S/C27H25Cl2N3S/c1-31(27-30-24(18-33-27)22-14-13-21(28)17-23(22)29)15-6-16-32-25-9-4-2-7-19(25)11-12-20-8-3-5-10-26(20)32/h2-5,7-10,13-14,17-18H,6,11-12,15-16H2,1H3. The second-order valence-corrected chi connectivity index (χ2v) is 10.0. The van der Waals surface area contributed by atoms with Crippen molar-refractivity contribution in [1.82, 2.24) is 4.98 Å². The van der Waals surface area contributed by atoms with Gasteiger partial charge in [-0.2, -0.15) is 0 Å². The summed E-state index contributed by atoms with van der Waals surface area (Å²) in [6.45, 7) is 1.88. The van der Waals surface area contributed by atoms with E-state index in [1.54, 1.807) is 17.4 Å². The van der Waals surface area contributed by atoms with Crippen LogP contribution in [0.1, 0.15) is 17.5 Å². The maximum Gasteiger partial charge on any atom is 0.185 e. The first-order chi connectivity index (χ1) is 16.1. The minimum Gasteiger partial charge on any atom is -0.351 e. The lowest BCUT2D eigenvalue weighted by Gasteiger charge is -2.28. The Bertz CT molecular complexity index is 1220. The second-order valence-electron chi connectivity index (χ2n) is 8.32. The fourth-order valence-corrected chi connectivity index (χ4v) is 5.76. The molecule has 33 heavy (non-hydrogen) atoms. The van der Waals surface area contributed by atoms with E-state index < -0.39 is 0 Å². The van der Waals surface area contributed by atoms with Crippen molar-refractivity contribution in [1.29, 1.82) is 0 Å². The summed E-state index contributed by atoms with van der Waals surface area (Å²) >= 11 is 14.1. The molecule has 168 valence electrons. The van der Waals surface area contributed by atoms with Gasteiger partial charge in [-0.25, -0.2) is 4.98 Å². The van der Waals surface area contributed by atoms with E-state index in [-0.39, 0.29) is 0 Å². The van der Waals surface area contributed by atoms with Crippen LogP contribution in [0.15, 0.2) is 72.1 Å². The highest BCUT2D eigenvalue weighted by atomic mass is 35.5. The third-order valence-corrected chi connectivity index (χ3v) is 7.63. The Hall–Kier alpha value is -2.53. The molecule has 3 nitrogen and oxygen atoms in total. The number of benzene rings is 3. The zero-order chi connectivity index (χ0) is 22.8. The molecule has 0 spiro atoms. The molecule has 3 aromatic carbocycles. The van der Waals surface area contributed by atoms with Gasteiger partial charge in [0.05, 0.1) is 10.7 Å². The van der Waals surface area contributed by atoms with Gasteiger partial charge in [0.15, 0.2) is 5.13 Å². The number of hydrogen-bond donors (Lipinski definition) is 0. The van der Waals surface area contributed by atoms with Crippen LogP contribution in [-0.2, 0) is 12.8 Å². The molecule has 0 aliphatic carbocycles. The zero-order valence-electron chi connectivity index (χ0n) is 18.5. The van der Waals surface area contributed by atoms with Gasteiger partial charge >= 0.3 is 0 Å². The molecule has 0 fully saturated rings. The number of aromatic nitrogens is 1. The normalized spacial score (nSPS) is 12.8. The lowest BCUT2D eigenvalue weighted by Crippen LogP contribution is -2.25. The number of aryl methyl sites for hydroxylation is 2. The van der Waals surface area contributed by atoms with Crippen molar-refractivity contribution in [2.24, 2.45) is 0 Å². The molecule has 0 unspecified atom stereocenters. The Morgan fingerprint density at radius 3 is 2.27 bits per heavy atom. The van der Waals surface area contributed by atoms with Crippen molar-refractivity contribution in [2.45, 2.75) is 19.3 Å². The molecule has 0 saturated heterocycles. The second kappa shape index (κ2) is 9.76. The highest BCUT2D eigenvalue weighted by Crippen LogP contribution is 2.36. The SMILES string of the molecule is CN(CCCN1c2ccccc2CCc2ccccc21)c1nc(-c2ccc(Cl)cc2Cl)cs1. The number of rotatable bonds is 6. The lowest BCUT2D eigenvalue weighted by atomic mass is 10.0. The summed E-state index contributed by atoms with van der Waals surface area (Å²) in [5.74, 6) is 0. The molecule has 1 aliphatic rings. The maximum absolute atomic E-state index is 6.38. The maximum atomic E-state index is 6.38. The fourth-order valence-electron chi connectivity index (χ4n) is 4.43. The van der Waals surface area contributed by atoms with Crippen LogP contribution in [0, 0.1) is 0 Å². The Balaban J connectivity index is 1.30. The molecule has 2 heterocycles. The topological polar surface area (TPSA) is 19.4 Å². The molecule has 5 rings (SSSR count). The van der Waals surface area contributed by atoms with E-state index in [0.717, 1.165) is 48.7 Å². The van der Waals surface area contributed by atoms with Crippen LogP contribution >= 0.6 is 34.5 Å². The molecule has 1 aliphatic heterocycles. The van der Waals surface area contributed by atoms with Crippen LogP contribution in [0.25, 0.3) is 11.3 Å². The average molecular weight is 494 g/mol. The predicted octanol–water partition coefficient (Wildman–Crippen LogP) is 7.88. The molecule has 0 radical (unpaired) electrons. The Kier molecular flexibility index (Phi) is 6.59. The summed E-state index contributed by atoms with van der Waals surface area (Å²) in [5, 5.41) is 4.31. The molecular weight excluding hydrogens is 469 g/mol. The van der Waals surface area contributed by atoms with Crippen molar-refractivity contribution in [3.05, 3.63) is 93.3 Å². The Morgan fingerprint density at radius 2 is 1.61 bits per heavy atom. The molecule has 0 amide bonds. The van der Waals surface area contributed by atoms with Gasteiger partial charge in [-0.05, 0) is 60.7 Å². The zero-order valence-corrected chi connectivity index (χ0v) is 20.8. The van der Waals surface area contributed by atoms with Crippen molar-refractivity contribution in [3.63, 3.8) is 0 Å². The molecule has 0 atom stereocenters. The molecule has 1 aromatic heterocycles. The van der Waals surface area contributed by atoms with E-state index in [9.17, 15) is 0 Å². The van der Waals surface area contributed by atoms with Crippen LogP contribution in [0.2, 0.25) is 10.0 Å². The minimum atomic E-state index is 0.625. The number of halogens is 2. The smallest absolute Gasteiger partial charge is 0.185 e. The van der Waals surface area contributed by atoms with Crippen LogP contribution in [0.5, 0.6) is 0 Å². The number of hydrogen-bond acceptors (Lipinski definition) is 4. The van der Waals surface area contributed by atoms with E-state index >= 15 is 0 Å². The van der Waals surface area contributed by atoms with Gasteiger partial charge in [0.1, 0.15) is 0 Å². The molecular formula is C27H25Cl2N3S. The number of anilines is 3. The van der Waals surface area contributed by atoms with Crippen molar-refractivity contribution in [2.75, 3.05) is 29.9 Å². The van der Waals surface area contributed by atoms with Crippen LogP contribution in [-0.4, -0.2) is 25.1 Å². The van der Waals surface area contributed by atoms with Gasteiger partial charge in [0, 0.05) is 47.5 Å². The summed E-state index contributed by atoms with van der Waals surface area (Å²) in [5.41, 5.74) is 7.31. The van der Waals surface area contributed by atoms with Gasteiger partial charge in [-0.15, -0.1) is 11.3 Å². The van der Waals surface area contributed by atoms with Crippen LogP contribution in [0.3, 0.4) is 0 Å². The summed E-state index contributed by atoms with van der Waals surface area (Å²) in [6.07, 6.45) is 3.19. The van der Waals surface area contributed by atoms with Gasteiger partial charge in [0.2, 0.25) is 0 Å². The minimum absolute atomic E-state index is 0.625. The largest absolute Gasteiger partial charge is 0.351 e. The lowest BCUT2D eigenvalue weighted by molar-refractivity contribution is 0.776. The third kappa shape index (κ3) is 4.74. The van der Waals surface area contributed by atoms with Gasteiger partial charge in [0.25, 0.3) is 0 Å². The summed E-state index contributed by atoms with van der Waals surface area (Å²) in [4.78, 5) is 9.55. The molecule has 0 N–H and O–H groups in total. The first-order valence-electron chi connectivity index (χ1n) is 11.2. The number of thiazole rings is 1. The fraction of sp³-hybridized carbons (Fsp3) is 0.222. The molecule has 0 bridgehead atoms. The van der Waals surface area contributed by atoms with Gasteiger partial charge in [-0.1, -0.05) is 59.6 Å². The highest BCUT2D eigenvalue weighted by molar-refractivity contribution is 7.14. The first-order valence-corrected chi connectivity index (χ1v) is 12.8. The van der Waals surface area contributed by atoms with Gasteiger partial charge in [-0.3, -0.25) is 0 Å². The van der Waals surface area contributed by atoms with E-state index in [1.165, 1.54) is 22.5 Å². The molecule has 0 saturated carbocycles. The van der Waals surface area contributed by atoms with Crippen molar-refractivity contribution >= 4 is 51.0 Å². The number of fused-ring (bicyclic) bond motifs is 2. The van der Waals surface area contributed by atoms with E-state index in [1.807, 2.05) is 12.1 Å². The molecule has 6 heteroatoms.